The SMILES string of the molecule is O=C1C=CN(N2C=CCC2)C1(c1cccc2ccccc12)c1cccc2ccccc12. The van der Waals surface area contributed by atoms with Crippen molar-refractivity contribution in [2.45, 2.75) is 12.0 Å². The minimum absolute atomic E-state index is 0.0838. The van der Waals surface area contributed by atoms with Crippen LogP contribution in [0.15, 0.2) is 109 Å². The number of carbonyl (C=O) groups is 1. The Kier molecular flexibility index (Phi) is 3.97. The summed E-state index contributed by atoms with van der Waals surface area (Å²) in [7, 11) is 0. The molecule has 31 heavy (non-hydrogen) atoms. The largest absolute Gasteiger partial charge is 0.292 e. The van der Waals surface area contributed by atoms with Crippen LogP contribution in [0.1, 0.15) is 17.5 Å². The lowest BCUT2D eigenvalue weighted by molar-refractivity contribution is -0.126. The van der Waals surface area contributed by atoms with Gasteiger partial charge in [0.25, 0.3) is 0 Å². The van der Waals surface area contributed by atoms with Crippen LogP contribution in [0.5, 0.6) is 0 Å². The molecule has 0 N–H and O–H groups in total. The number of ketones is 1. The molecule has 0 fully saturated rings. The number of nitrogens with zero attached hydrogens (tertiary/aromatic N) is 2. The topological polar surface area (TPSA) is 23.6 Å². The maximum absolute atomic E-state index is 14.0. The van der Waals surface area contributed by atoms with Crippen molar-refractivity contribution in [3.63, 3.8) is 0 Å². The summed E-state index contributed by atoms with van der Waals surface area (Å²) in [4.78, 5) is 14.0. The van der Waals surface area contributed by atoms with Crippen LogP contribution < -0.4 is 0 Å². The van der Waals surface area contributed by atoms with E-state index in [9.17, 15) is 4.79 Å². The first-order chi connectivity index (χ1) is 15.3. The van der Waals surface area contributed by atoms with Gasteiger partial charge in [-0.15, -0.1) is 0 Å². The summed E-state index contributed by atoms with van der Waals surface area (Å²) < 4.78 is 0. The molecule has 0 aromatic heterocycles. The van der Waals surface area contributed by atoms with Crippen molar-refractivity contribution >= 4 is 27.3 Å². The molecule has 0 aliphatic carbocycles. The van der Waals surface area contributed by atoms with Crippen LogP contribution >= 0.6 is 0 Å². The van der Waals surface area contributed by atoms with E-state index in [4.69, 9.17) is 0 Å². The van der Waals surface area contributed by atoms with E-state index in [1.165, 1.54) is 0 Å². The lowest BCUT2D eigenvalue weighted by Crippen LogP contribution is -2.52. The van der Waals surface area contributed by atoms with Gasteiger partial charge in [-0.1, -0.05) is 91.0 Å². The monoisotopic (exact) mass is 402 g/mol. The Morgan fingerprint density at radius 2 is 1.26 bits per heavy atom. The molecule has 0 saturated carbocycles. The van der Waals surface area contributed by atoms with Crippen molar-refractivity contribution in [2.75, 3.05) is 6.54 Å². The minimum Gasteiger partial charge on any atom is -0.292 e. The van der Waals surface area contributed by atoms with Crippen LogP contribution in [0.2, 0.25) is 0 Å². The van der Waals surface area contributed by atoms with Crippen molar-refractivity contribution in [3.8, 4) is 0 Å². The van der Waals surface area contributed by atoms with Crippen molar-refractivity contribution < 1.29 is 4.79 Å². The summed E-state index contributed by atoms with van der Waals surface area (Å²) >= 11 is 0. The van der Waals surface area contributed by atoms with Crippen LogP contribution in [0, 0.1) is 0 Å². The molecule has 3 heteroatoms. The zero-order valence-electron chi connectivity index (χ0n) is 17.1. The molecule has 6 rings (SSSR count). The van der Waals surface area contributed by atoms with Crippen molar-refractivity contribution in [1.29, 1.82) is 0 Å². The highest BCUT2D eigenvalue weighted by molar-refractivity contribution is 6.09. The first-order valence-electron chi connectivity index (χ1n) is 10.7. The van der Waals surface area contributed by atoms with Gasteiger partial charge in [-0.3, -0.25) is 14.8 Å². The highest BCUT2D eigenvalue weighted by atomic mass is 16.1. The first-order valence-corrected chi connectivity index (χ1v) is 10.7. The summed E-state index contributed by atoms with van der Waals surface area (Å²) in [6, 6.07) is 29.3. The summed E-state index contributed by atoms with van der Waals surface area (Å²) in [5, 5.41) is 8.78. The van der Waals surface area contributed by atoms with E-state index in [1.54, 1.807) is 6.08 Å². The third-order valence-electron chi connectivity index (χ3n) is 6.51. The van der Waals surface area contributed by atoms with Crippen molar-refractivity contribution in [2.24, 2.45) is 0 Å². The van der Waals surface area contributed by atoms with Gasteiger partial charge in [0.1, 0.15) is 0 Å². The second-order valence-electron chi connectivity index (χ2n) is 8.12. The molecule has 4 aromatic rings. The van der Waals surface area contributed by atoms with Gasteiger partial charge in [0.2, 0.25) is 0 Å². The molecule has 0 unspecified atom stereocenters. The highest BCUT2D eigenvalue weighted by Crippen LogP contribution is 2.47. The van der Waals surface area contributed by atoms with Gasteiger partial charge in [0, 0.05) is 25.0 Å². The summed E-state index contributed by atoms with van der Waals surface area (Å²) in [5.74, 6) is 0.0838. The van der Waals surface area contributed by atoms with Gasteiger partial charge < -0.3 is 0 Å². The molecule has 150 valence electrons. The number of hydrogen-bond donors (Lipinski definition) is 0. The number of fused-ring (bicyclic) bond motifs is 2. The van der Waals surface area contributed by atoms with E-state index in [0.29, 0.717) is 0 Å². The molecule has 0 bridgehead atoms. The number of carbonyl (C=O) groups excluding carboxylic acids is 1. The molecule has 0 spiro atoms. The van der Waals surface area contributed by atoms with Crippen LogP contribution in [-0.4, -0.2) is 22.3 Å². The second-order valence-corrected chi connectivity index (χ2v) is 8.12. The zero-order chi connectivity index (χ0) is 20.8. The number of benzene rings is 4. The quantitative estimate of drug-likeness (QED) is 0.435. The molecule has 0 radical (unpaired) electrons. The standard InChI is InChI=1S/C28H22N2O/c31-27-17-20-30(29-18-5-6-19-29)28(27,25-15-7-11-21-9-1-3-13-23(21)25)26-16-8-12-22-10-2-4-14-24(22)26/h1-5,7-18,20H,6,19H2. The average Bonchev–Trinajstić information content (AvgIpc) is 3.47. The fraction of sp³-hybridized carbons (Fsp3) is 0.107. The van der Waals surface area contributed by atoms with Gasteiger partial charge in [0.15, 0.2) is 11.3 Å². The average molecular weight is 402 g/mol. The molecule has 0 saturated heterocycles. The lowest BCUT2D eigenvalue weighted by Gasteiger charge is -2.44. The zero-order valence-corrected chi connectivity index (χ0v) is 17.1. The molecule has 0 amide bonds. The van der Waals surface area contributed by atoms with Crippen LogP contribution in [0.3, 0.4) is 0 Å². The number of hydrazine groups is 1. The normalized spacial score (nSPS) is 17.4. The Morgan fingerprint density at radius 3 is 1.84 bits per heavy atom. The lowest BCUT2D eigenvalue weighted by atomic mass is 9.76. The van der Waals surface area contributed by atoms with Crippen LogP contribution in [-0.2, 0) is 10.3 Å². The van der Waals surface area contributed by atoms with E-state index >= 15 is 0 Å². The van der Waals surface area contributed by atoms with E-state index in [0.717, 1.165) is 45.6 Å². The van der Waals surface area contributed by atoms with Crippen molar-refractivity contribution in [3.05, 3.63) is 121 Å². The Labute approximate surface area is 181 Å². The molecular weight excluding hydrogens is 380 g/mol. The number of hydrogen-bond acceptors (Lipinski definition) is 3. The Bertz CT molecular complexity index is 1290. The fourth-order valence-corrected chi connectivity index (χ4v) is 5.16. The second kappa shape index (κ2) is 6.85. The predicted octanol–water partition coefficient (Wildman–Crippen LogP) is 5.77. The van der Waals surface area contributed by atoms with E-state index < -0.39 is 5.54 Å². The van der Waals surface area contributed by atoms with Gasteiger partial charge in [0.05, 0.1) is 0 Å². The van der Waals surface area contributed by atoms with E-state index in [2.05, 4.69) is 95.1 Å². The Balaban J connectivity index is 1.75. The fourth-order valence-electron chi connectivity index (χ4n) is 5.16. The maximum atomic E-state index is 14.0. The van der Waals surface area contributed by atoms with Gasteiger partial charge in [-0.05, 0) is 39.1 Å². The van der Waals surface area contributed by atoms with Crippen molar-refractivity contribution in [1.82, 2.24) is 10.0 Å². The van der Waals surface area contributed by atoms with Crippen LogP contribution in [0.25, 0.3) is 21.5 Å². The highest BCUT2D eigenvalue weighted by Gasteiger charge is 2.52. The van der Waals surface area contributed by atoms with Gasteiger partial charge in [-0.25, -0.2) is 0 Å². The molecule has 3 nitrogen and oxygen atoms in total. The molecular formula is C28H22N2O. The predicted molar refractivity (Wildman–Crippen MR) is 125 cm³/mol. The third kappa shape index (κ3) is 2.50. The van der Waals surface area contributed by atoms with Gasteiger partial charge >= 0.3 is 0 Å². The molecule has 2 aliphatic rings. The first kappa shape index (κ1) is 18.0. The number of rotatable bonds is 3. The summed E-state index contributed by atoms with van der Waals surface area (Å²) in [6.45, 7) is 0.856. The molecule has 4 aromatic carbocycles. The van der Waals surface area contributed by atoms with Crippen LogP contribution in [0.4, 0.5) is 0 Å². The van der Waals surface area contributed by atoms with E-state index in [1.807, 2.05) is 18.3 Å². The Hall–Kier alpha value is -3.85. The smallest absolute Gasteiger partial charge is 0.193 e. The molecule has 0 atom stereocenters. The third-order valence-corrected chi connectivity index (χ3v) is 6.51. The molecule has 2 heterocycles. The molecule has 2 aliphatic heterocycles. The summed E-state index contributed by atoms with van der Waals surface area (Å²) in [6.07, 6.45) is 8.90. The summed E-state index contributed by atoms with van der Waals surface area (Å²) in [5.41, 5.74) is 1.06. The van der Waals surface area contributed by atoms with E-state index in [-0.39, 0.29) is 5.78 Å². The van der Waals surface area contributed by atoms with Gasteiger partial charge in [-0.2, -0.15) is 0 Å². The minimum atomic E-state index is -0.962. The maximum Gasteiger partial charge on any atom is 0.193 e. The Morgan fingerprint density at radius 1 is 0.677 bits per heavy atom.